The van der Waals surface area contributed by atoms with Crippen LogP contribution in [-0.2, 0) is 0 Å². The molecule has 1 aromatic carbocycles. The topological polar surface area (TPSA) is 38.0 Å². The van der Waals surface area contributed by atoms with E-state index in [9.17, 15) is 4.39 Å². The van der Waals surface area contributed by atoms with Crippen LogP contribution in [0.4, 0.5) is 15.8 Å². The van der Waals surface area contributed by atoms with E-state index in [-0.39, 0.29) is 11.5 Å². The Hall–Kier alpha value is -1.25. The van der Waals surface area contributed by atoms with Gasteiger partial charge in [0.1, 0.15) is 5.82 Å². The number of hydrogen-bond donors (Lipinski definition) is 2. The first kappa shape index (κ1) is 10.8. The number of nitrogens with two attached hydrogens (primary N) is 1. The Morgan fingerprint density at radius 3 is 2.50 bits per heavy atom. The van der Waals surface area contributed by atoms with E-state index in [4.69, 9.17) is 5.73 Å². The quantitative estimate of drug-likeness (QED) is 0.713. The predicted molar refractivity (Wildman–Crippen MR) is 58.8 cm³/mol. The van der Waals surface area contributed by atoms with Gasteiger partial charge in [-0.2, -0.15) is 0 Å². The fourth-order valence-electron chi connectivity index (χ4n) is 1.10. The third-order valence-corrected chi connectivity index (χ3v) is 1.94. The maximum absolute atomic E-state index is 12.7. The molecule has 1 saturated carbocycles. The molecule has 1 aromatic rings. The zero-order chi connectivity index (χ0) is 10.6. The van der Waals surface area contributed by atoms with E-state index >= 15 is 0 Å². The van der Waals surface area contributed by atoms with Gasteiger partial charge in [-0.1, -0.05) is 13.8 Å². The van der Waals surface area contributed by atoms with Crippen molar-refractivity contribution in [1.29, 1.82) is 0 Å². The molecule has 0 atom stereocenters. The molecule has 1 aliphatic carbocycles. The molecule has 0 saturated heterocycles. The minimum Gasteiger partial charge on any atom is -0.396 e. The molecule has 0 bridgehead atoms. The van der Waals surface area contributed by atoms with Crippen molar-refractivity contribution in [3.8, 4) is 0 Å². The molecule has 1 fully saturated rings. The molecule has 78 valence electrons. The van der Waals surface area contributed by atoms with Crippen molar-refractivity contribution in [2.24, 2.45) is 0 Å². The fourth-order valence-corrected chi connectivity index (χ4v) is 1.10. The molecular formula is C11H17FN2. The first-order valence-corrected chi connectivity index (χ1v) is 5.07. The lowest BCUT2D eigenvalue weighted by Gasteiger charge is -2.04. The van der Waals surface area contributed by atoms with Crippen LogP contribution in [0.15, 0.2) is 18.2 Å². The smallest absolute Gasteiger partial charge is 0.146 e. The van der Waals surface area contributed by atoms with E-state index in [1.54, 1.807) is 12.1 Å². The van der Waals surface area contributed by atoms with E-state index < -0.39 is 0 Å². The average molecular weight is 196 g/mol. The maximum Gasteiger partial charge on any atom is 0.146 e. The van der Waals surface area contributed by atoms with Gasteiger partial charge in [0.2, 0.25) is 0 Å². The zero-order valence-electron chi connectivity index (χ0n) is 8.68. The van der Waals surface area contributed by atoms with Gasteiger partial charge >= 0.3 is 0 Å². The summed E-state index contributed by atoms with van der Waals surface area (Å²) in [5.74, 6) is -0.351. The van der Waals surface area contributed by atoms with Crippen LogP contribution in [-0.4, -0.2) is 6.04 Å². The molecule has 0 spiro atoms. The van der Waals surface area contributed by atoms with Crippen LogP contribution in [0.2, 0.25) is 0 Å². The summed E-state index contributed by atoms with van der Waals surface area (Å²) in [7, 11) is 0. The number of nitrogens with one attached hydrogen (secondary N) is 1. The number of rotatable bonds is 2. The zero-order valence-corrected chi connectivity index (χ0v) is 8.68. The largest absolute Gasteiger partial charge is 0.396 e. The summed E-state index contributed by atoms with van der Waals surface area (Å²) >= 11 is 0. The number of halogens is 1. The minimum absolute atomic E-state index is 0.209. The molecule has 2 rings (SSSR count). The van der Waals surface area contributed by atoms with Gasteiger partial charge in [0.15, 0.2) is 0 Å². The Labute approximate surface area is 84.3 Å². The lowest BCUT2D eigenvalue weighted by Crippen LogP contribution is -2.01. The molecule has 2 nitrogen and oxygen atoms in total. The standard InChI is InChI=1S/C9H11FN2.C2H6/c10-8-4-3-7(5-9(8)11)12-6-1-2-6;1-2/h3-6,12H,1-2,11H2;1-2H3. The van der Waals surface area contributed by atoms with Gasteiger partial charge in [-0.15, -0.1) is 0 Å². The molecule has 3 N–H and O–H groups in total. The summed E-state index contributed by atoms with van der Waals surface area (Å²) in [5, 5.41) is 3.24. The van der Waals surface area contributed by atoms with Crippen LogP contribution < -0.4 is 11.1 Å². The number of benzene rings is 1. The van der Waals surface area contributed by atoms with Crippen LogP contribution in [0.3, 0.4) is 0 Å². The fraction of sp³-hybridized carbons (Fsp3) is 0.455. The monoisotopic (exact) mass is 196 g/mol. The van der Waals surface area contributed by atoms with Gasteiger partial charge in [-0.05, 0) is 31.0 Å². The summed E-state index contributed by atoms with van der Waals surface area (Å²) in [5.41, 5.74) is 6.52. The molecule has 0 unspecified atom stereocenters. The molecule has 0 heterocycles. The first-order valence-electron chi connectivity index (χ1n) is 5.07. The van der Waals surface area contributed by atoms with Crippen molar-refractivity contribution >= 4 is 11.4 Å². The van der Waals surface area contributed by atoms with Crippen LogP contribution in [0.1, 0.15) is 26.7 Å². The van der Waals surface area contributed by atoms with Crippen LogP contribution in [0.5, 0.6) is 0 Å². The van der Waals surface area contributed by atoms with Gasteiger partial charge in [0.05, 0.1) is 5.69 Å². The summed E-state index contributed by atoms with van der Waals surface area (Å²) in [6.07, 6.45) is 2.41. The Kier molecular flexibility index (Phi) is 3.74. The van der Waals surface area contributed by atoms with Crippen molar-refractivity contribution in [3.63, 3.8) is 0 Å². The predicted octanol–water partition coefficient (Wildman–Crippen LogP) is 3.01. The van der Waals surface area contributed by atoms with Crippen molar-refractivity contribution < 1.29 is 4.39 Å². The van der Waals surface area contributed by atoms with Gasteiger partial charge in [0, 0.05) is 11.7 Å². The Balaban J connectivity index is 0.000000461. The highest BCUT2D eigenvalue weighted by molar-refractivity contribution is 5.55. The summed E-state index contributed by atoms with van der Waals surface area (Å²) in [6, 6.07) is 5.31. The van der Waals surface area contributed by atoms with Gasteiger partial charge in [-0.25, -0.2) is 4.39 Å². The normalized spacial score (nSPS) is 14.2. The SMILES string of the molecule is CC.Nc1cc(NC2CC2)ccc1F. The van der Waals surface area contributed by atoms with Crippen LogP contribution in [0, 0.1) is 5.82 Å². The average Bonchev–Trinajstić information content (AvgIpc) is 2.99. The van der Waals surface area contributed by atoms with Crippen LogP contribution in [0.25, 0.3) is 0 Å². The molecular weight excluding hydrogens is 179 g/mol. The van der Waals surface area contributed by atoms with Crippen molar-refractivity contribution in [3.05, 3.63) is 24.0 Å². The van der Waals surface area contributed by atoms with Crippen molar-refractivity contribution in [2.75, 3.05) is 11.1 Å². The lowest BCUT2D eigenvalue weighted by molar-refractivity contribution is 0.632. The lowest BCUT2D eigenvalue weighted by atomic mass is 10.2. The van der Waals surface area contributed by atoms with Gasteiger partial charge in [-0.3, -0.25) is 0 Å². The van der Waals surface area contributed by atoms with Crippen LogP contribution >= 0.6 is 0 Å². The van der Waals surface area contributed by atoms with Gasteiger partial charge in [0.25, 0.3) is 0 Å². The highest BCUT2D eigenvalue weighted by atomic mass is 19.1. The summed E-state index contributed by atoms with van der Waals surface area (Å²) in [6.45, 7) is 4.00. The number of hydrogen-bond acceptors (Lipinski definition) is 2. The van der Waals surface area contributed by atoms with Crippen molar-refractivity contribution in [2.45, 2.75) is 32.7 Å². The first-order chi connectivity index (χ1) is 6.75. The molecule has 1 aliphatic rings. The van der Waals surface area contributed by atoms with E-state index in [1.165, 1.54) is 18.9 Å². The second kappa shape index (κ2) is 4.84. The molecule has 0 aliphatic heterocycles. The molecule has 0 radical (unpaired) electrons. The minimum atomic E-state index is -0.351. The van der Waals surface area contributed by atoms with E-state index in [1.807, 2.05) is 13.8 Å². The molecule has 0 aromatic heterocycles. The molecule has 0 amide bonds. The number of nitrogen functional groups attached to an aromatic ring is 1. The third-order valence-electron chi connectivity index (χ3n) is 1.94. The van der Waals surface area contributed by atoms with E-state index in [2.05, 4.69) is 5.32 Å². The van der Waals surface area contributed by atoms with Gasteiger partial charge < -0.3 is 11.1 Å². The van der Waals surface area contributed by atoms with E-state index in [0.717, 1.165) is 5.69 Å². The van der Waals surface area contributed by atoms with Crippen molar-refractivity contribution in [1.82, 2.24) is 0 Å². The Morgan fingerprint density at radius 1 is 1.36 bits per heavy atom. The Morgan fingerprint density at radius 2 is 2.00 bits per heavy atom. The summed E-state index contributed by atoms with van der Waals surface area (Å²) < 4.78 is 12.7. The van der Waals surface area contributed by atoms with E-state index in [0.29, 0.717) is 6.04 Å². The highest BCUT2D eigenvalue weighted by Gasteiger charge is 2.20. The second-order valence-corrected chi connectivity index (χ2v) is 3.15. The maximum atomic E-state index is 12.7. The Bertz CT molecular complexity index is 295. The molecule has 3 heteroatoms. The molecule has 14 heavy (non-hydrogen) atoms. The second-order valence-electron chi connectivity index (χ2n) is 3.15. The third kappa shape index (κ3) is 2.91. The summed E-state index contributed by atoms with van der Waals surface area (Å²) in [4.78, 5) is 0. The number of anilines is 2. The highest BCUT2D eigenvalue weighted by Crippen LogP contribution is 2.26.